The number of fused-ring (bicyclic) bond motifs is 1. The van der Waals surface area contributed by atoms with Gasteiger partial charge in [0.15, 0.2) is 0 Å². The molecule has 0 saturated heterocycles. The van der Waals surface area contributed by atoms with E-state index in [1.807, 2.05) is 18.2 Å². The summed E-state index contributed by atoms with van der Waals surface area (Å²) in [5, 5.41) is 10.1. The predicted octanol–water partition coefficient (Wildman–Crippen LogP) is 3.62. The van der Waals surface area contributed by atoms with Crippen LogP contribution in [0.25, 0.3) is 10.9 Å². The van der Waals surface area contributed by atoms with Gasteiger partial charge in [0.05, 0.1) is 5.69 Å². The molecule has 0 radical (unpaired) electrons. The summed E-state index contributed by atoms with van der Waals surface area (Å²) in [5.41, 5.74) is 2.72. The highest BCUT2D eigenvalue weighted by Crippen LogP contribution is 2.26. The van der Waals surface area contributed by atoms with E-state index < -0.39 is 0 Å². The van der Waals surface area contributed by atoms with E-state index in [4.69, 9.17) is 5.26 Å². The van der Waals surface area contributed by atoms with Crippen molar-refractivity contribution in [3.63, 3.8) is 0 Å². The number of carbonyl (C=O) groups is 1. The predicted molar refractivity (Wildman–Crippen MR) is 88.7 cm³/mol. The van der Waals surface area contributed by atoms with Crippen LogP contribution < -0.4 is 0 Å². The molecule has 0 aliphatic carbocycles. The first-order valence-electron chi connectivity index (χ1n) is 7.18. The number of allylic oxidation sites excluding steroid dienone is 1. The normalized spacial score (nSPS) is 12.3. The summed E-state index contributed by atoms with van der Waals surface area (Å²) in [6, 6.07) is 9.91. The van der Waals surface area contributed by atoms with Gasteiger partial charge in [-0.1, -0.05) is 26.8 Å². The number of aromatic nitrogens is 1. The summed E-state index contributed by atoms with van der Waals surface area (Å²) >= 11 is 0. The number of benzene rings is 1. The van der Waals surface area contributed by atoms with Crippen LogP contribution in [0.2, 0.25) is 0 Å². The Balaban J connectivity index is 2.46. The third kappa shape index (κ3) is 3.20. The van der Waals surface area contributed by atoms with Crippen LogP contribution in [0, 0.1) is 11.3 Å². The van der Waals surface area contributed by atoms with E-state index >= 15 is 0 Å². The molecule has 0 saturated carbocycles. The Morgan fingerprint density at radius 3 is 2.50 bits per heavy atom. The van der Waals surface area contributed by atoms with E-state index in [9.17, 15) is 4.79 Å². The van der Waals surface area contributed by atoms with Gasteiger partial charge >= 0.3 is 0 Å². The second-order valence-corrected chi connectivity index (χ2v) is 6.68. The zero-order chi connectivity index (χ0) is 16.5. The van der Waals surface area contributed by atoms with Gasteiger partial charge in [-0.25, -0.2) is 0 Å². The molecule has 0 fully saturated rings. The zero-order valence-electron chi connectivity index (χ0n) is 13.7. The van der Waals surface area contributed by atoms with Crippen LogP contribution in [0.4, 0.5) is 0 Å². The molecule has 2 aromatic rings. The number of hydrogen-bond donors (Lipinski definition) is 1. The fourth-order valence-corrected chi connectivity index (χ4v) is 2.26. The highest BCUT2D eigenvalue weighted by molar-refractivity contribution is 6.12. The summed E-state index contributed by atoms with van der Waals surface area (Å²) in [6.07, 6.45) is 1.54. The topological polar surface area (TPSA) is 59.9 Å². The minimum Gasteiger partial charge on any atom is -0.382 e. The minimum absolute atomic E-state index is 0.0538. The zero-order valence-corrected chi connectivity index (χ0v) is 13.7. The Morgan fingerprint density at radius 1 is 1.27 bits per heavy atom. The first-order chi connectivity index (χ1) is 10.2. The molecule has 1 aromatic heterocycles. The molecule has 1 aromatic carbocycles. The third-order valence-electron chi connectivity index (χ3n) is 3.48. The molecule has 1 heterocycles. The quantitative estimate of drug-likeness (QED) is 0.534. The Hall–Kier alpha value is -2.54. The first kappa shape index (κ1) is 15.8. The minimum atomic E-state index is -0.287. The smallest absolute Gasteiger partial charge is 0.221 e. The molecule has 4 nitrogen and oxygen atoms in total. The first-order valence-corrected chi connectivity index (χ1v) is 7.18. The molecule has 1 N–H and O–H groups in total. The largest absolute Gasteiger partial charge is 0.382 e. The van der Waals surface area contributed by atoms with Gasteiger partial charge in [-0.15, -0.1) is 0 Å². The average molecular weight is 295 g/mol. The van der Waals surface area contributed by atoms with Crippen molar-refractivity contribution in [1.82, 2.24) is 9.88 Å². The van der Waals surface area contributed by atoms with Gasteiger partial charge in [-0.05, 0) is 29.2 Å². The molecule has 0 unspecified atom stereocenters. The van der Waals surface area contributed by atoms with E-state index in [0.29, 0.717) is 5.69 Å². The number of rotatable bonds is 3. The molecule has 114 valence electrons. The van der Waals surface area contributed by atoms with Crippen molar-refractivity contribution < 1.29 is 4.79 Å². The van der Waals surface area contributed by atoms with Gasteiger partial charge in [-0.3, -0.25) is 4.79 Å². The van der Waals surface area contributed by atoms with Crippen molar-refractivity contribution in [2.24, 2.45) is 0 Å². The fraction of sp³-hybridized carbons (Fsp3) is 0.333. The lowest BCUT2D eigenvalue weighted by molar-refractivity contribution is 0.103. The Kier molecular flexibility index (Phi) is 4.09. The van der Waals surface area contributed by atoms with Crippen LogP contribution in [-0.4, -0.2) is 29.8 Å². The number of nitriles is 1. The fourth-order valence-electron chi connectivity index (χ4n) is 2.26. The van der Waals surface area contributed by atoms with Gasteiger partial charge in [-0.2, -0.15) is 5.26 Å². The van der Waals surface area contributed by atoms with Crippen molar-refractivity contribution in [2.45, 2.75) is 26.2 Å². The second-order valence-electron chi connectivity index (χ2n) is 6.68. The van der Waals surface area contributed by atoms with E-state index in [1.54, 1.807) is 19.0 Å². The van der Waals surface area contributed by atoms with Crippen molar-refractivity contribution in [2.75, 3.05) is 14.1 Å². The van der Waals surface area contributed by atoms with Crippen molar-refractivity contribution >= 4 is 16.7 Å². The number of carbonyl (C=O) groups excluding carboxylic acids is 1. The summed E-state index contributed by atoms with van der Waals surface area (Å²) in [7, 11) is 3.57. The third-order valence-corrected chi connectivity index (χ3v) is 3.48. The maximum Gasteiger partial charge on any atom is 0.221 e. The molecule has 0 aliphatic heterocycles. The van der Waals surface area contributed by atoms with Crippen molar-refractivity contribution in [3.8, 4) is 6.07 Å². The number of hydrogen-bond acceptors (Lipinski definition) is 3. The Labute approximate surface area is 131 Å². The maximum atomic E-state index is 12.4. The summed E-state index contributed by atoms with van der Waals surface area (Å²) in [6.45, 7) is 6.46. The lowest BCUT2D eigenvalue weighted by atomic mass is 9.86. The lowest BCUT2D eigenvalue weighted by Gasteiger charge is -2.18. The molecule has 22 heavy (non-hydrogen) atoms. The number of H-pyrrole nitrogens is 1. The highest BCUT2D eigenvalue weighted by Gasteiger charge is 2.17. The molecular formula is C18H21N3O. The van der Waals surface area contributed by atoms with E-state index in [-0.39, 0.29) is 16.8 Å². The maximum absolute atomic E-state index is 12.4. The van der Waals surface area contributed by atoms with Crippen LogP contribution in [-0.2, 0) is 5.41 Å². The molecule has 0 bridgehead atoms. The molecular weight excluding hydrogens is 274 g/mol. The van der Waals surface area contributed by atoms with Crippen LogP contribution in [0.5, 0.6) is 0 Å². The Morgan fingerprint density at radius 2 is 1.95 bits per heavy atom. The molecule has 4 heteroatoms. The van der Waals surface area contributed by atoms with E-state index in [0.717, 1.165) is 10.9 Å². The molecule has 0 spiro atoms. The van der Waals surface area contributed by atoms with Crippen LogP contribution >= 0.6 is 0 Å². The molecule has 0 aliphatic rings. The average Bonchev–Trinajstić information content (AvgIpc) is 2.85. The monoisotopic (exact) mass is 295 g/mol. The van der Waals surface area contributed by atoms with Gasteiger partial charge in [0.1, 0.15) is 11.6 Å². The number of nitrogens with one attached hydrogen (secondary N) is 1. The van der Waals surface area contributed by atoms with Gasteiger partial charge < -0.3 is 9.88 Å². The van der Waals surface area contributed by atoms with Crippen molar-refractivity contribution in [1.29, 1.82) is 5.26 Å². The standard InChI is InChI=1S/C18H21N3O/c1-18(2,3)14-6-7-15-12(8-14)9-16(20-15)17(22)13(10-19)11-21(4)5/h6-9,11,20H,1-5H3/b13-11+. The van der Waals surface area contributed by atoms with Gasteiger partial charge in [0.2, 0.25) is 5.78 Å². The van der Waals surface area contributed by atoms with E-state index in [2.05, 4.69) is 37.9 Å². The molecule has 0 amide bonds. The number of nitrogens with zero attached hydrogens (tertiary/aromatic N) is 2. The van der Waals surface area contributed by atoms with Crippen molar-refractivity contribution in [3.05, 3.63) is 47.3 Å². The van der Waals surface area contributed by atoms with Gasteiger partial charge in [0.25, 0.3) is 0 Å². The Bertz CT molecular complexity index is 783. The van der Waals surface area contributed by atoms with Crippen LogP contribution in [0.15, 0.2) is 36.0 Å². The summed E-state index contributed by atoms with van der Waals surface area (Å²) in [5.74, 6) is -0.287. The van der Waals surface area contributed by atoms with Crippen LogP contribution in [0.3, 0.4) is 0 Å². The SMILES string of the molecule is CN(C)/C=C(\C#N)C(=O)c1cc2cc(C(C)(C)C)ccc2[nH]1. The van der Waals surface area contributed by atoms with Gasteiger partial charge in [0, 0.05) is 31.2 Å². The molecule has 0 atom stereocenters. The van der Waals surface area contributed by atoms with E-state index in [1.165, 1.54) is 11.8 Å². The number of Topliss-reactive ketones (excluding diaryl/α,β-unsaturated/α-hetero) is 1. The summed E-state index contributed by atoms with van der Waals surface area (Å²) < 4.78 is 0. The molecule has 2 rings (SSSR count). The highest BCUT2D eigenvalue weighted by atomic mass is 16.1. The lowest BCUT2D eigenvalue weighted by Crippen LogP contribution is -2.10. The number of aromatic amines is 1. The van der Waals surface area contributed by atoms with Crippen LogP contribution in [0.1, 0.15) is 36.8 Å². The summed E-state index contributed by atoms with van der Waals surface area (Å²) in [4.78, 5) is 17.2. The number of ketones is 1. The second kappa shape index (κ2) is 5.69.